The van der Waals surface area contributed by atoms with Crippen molar-refractivity contribution in [3.8, 4) is 0 Å². The summed E-state index contributed by atoms with van der Waals surface area (Å²) in [6.07, 6.45) is 5.08. The molecule has 0 bridgehead atoms. The Morgan fingerprint density at radius 1 is 0.976 bits per heavy atom. The number of aryl methyl sites for hydroxylation is 1. The minimum atomic E-state index is -4.12. The van der Waals surface area contributed by atoms with Crippen molar-refractivity contribution in [3.05, 3.63) is 93.4 Å². The lowest BCUT2D eigenvalue weighted by Gasteiger charge is -2.33. The maximum Gasteiger partial charge on any atom is 0.264 e. The van der Waals surface area contributed by atoms with Gasteiger partial charge in [0.1, 0.15) is 12.6 Å². The summed E-state index contributed by atoms with van der Waals surface area (Å²) in [5.74, 6) is -0.788. The summed E-state index contributed by atoms with van der Waals surface area (Å²) < 4.78 is 29.7. The Labute approximate surface area is 256 Å². The molecule has 0 spiro atoms. The van der Waals surface area contributed by atoms with Crippen LogP contribution in [-0.4, -0.2) is 43.8 Å². The Balaban J connectivity index is 1.68. The standard InChI is InChI=1S/C31H35BrClN3O4S/c1-22-12-18-28(19-13-22)41(39,40)36(27-16-14-25(32)15-17-27)21-30(37)35(20-24-8-6-7-11-29(24)33)23(2)31(38)34-26-9-4-3-5-10-26/h6-8,11-19,23,26H,3-5,9-10,20-21H2,1-2H3,(H,34,38). The van der Waals surface area contributed by atoms with E-state index in [0.717, 1.165) is 46.4 Å². The Morgan fingerprint density at radius 2 is 1.61 bits per heavy atom. The van der Waals surface area contributed by atoms with Gasteiger partial charge in [-0.2, -0.15) is 0 Å². The van der Waals surface area contributed by atoms with Crippen LogP contribution in [0.1, 0.15) is 50.2 Å². The Hall–Kier alpha value is -2.88. The first-order valence-corrected chi connectivity index (χ1v) is 16.4. The van der Waals surface area contributed by atoms with Gasteiger partial charge < -0.3 is 10.2 Å². The lowest BCUT2D eigenvalue weighted by Crippen LogP contribution is -2.53. The van der Waals surface area contributed by atoms with Gasteiger partial charge in [0.05, 0.1) is 10.6 Å². The Bertz CT molecular complexity index is 1460. The van der Waals surface area contributed by atoms with E-state index in [-0.39, 0.29) is 23.4 Å². The minimum Gasteiger partial charge on any atom is -0.352 e. The summed E-state index contributed by atoms with van der Waals surface area (Å²) in [7, 11) is -4.12. The third kappa shape index (κ3) is 7.90. The first kappa shape index (κ1) is 31.1. The minimum absolute atomic E-state index is 0.0521. The molecule has 7 nitrogen and oxygen atoms in total. The van der Waals surface area contributed by atoms with Gasteiger partial charge in [0.15, 0.2) is 0 Å². The summed E-state index contributed by atoms with van der Waals surface area (Å²) in [6.45, 7) is 3.10. The summed E-state index contributed by atoms with van der Waals surface area (Å²) in [6, 6.07) is 19.6. The molecule has 0 aromatic heterocycles. The molecule has 10 heteroatoms. The lowest BCUT2D eigenvalue weighted by atomic mass is 9.95. The van der Waals surface area contributed by atoms with E-state index in [1.165, 1.54) is 17.0 Å². The highest BCUT2D eigenvalue weighted by Gasteiger charge is 2.33. The van der Waals surface area contributed by atoms with E-state index in [4.69, 9.17) is 11.6 Å². The first-order valence-electron chi connectivity index (χ1n) is 13.7. The van der Waals surface area contributed by atoms with Gasteiger partial charge in [-0.25, -0.2) is 8.42 Å². The maximum absolute atomic E-state index is 14.1. The zero-order valence-corrected chi connectivity index (χ0v) is 26.4. The van der Waals surface area contributed by atoms with Gasteiger partial charge in [0.2, 0.25) is 11.8 Å². The number of hydrogen-bond acceptors (Lipinski definition) is 4. The van der Waals surface area contributed by atoms with E-state index in [0.29, 0.717) is 16.3 Å². The Morgan fingerprint density at radius 3 is 2.24 bits per heavy atom. The fraction of sp³-hybridized carbons (Fsp3) is 0.355. The van der Waals surface area contributed by atoms with Crippen molar-refractivity contribution >= 4 is 55.1 Å². The monoisotopic (exact) mass is 659 g/mol. The normalized spacial score (nSPS) is 14.7. The third-order valence-electron chi connectivity index (χ3n) is 7.42. The second-order valence-corrected chi connectivity index (χ2v) is 13.6. The molecule has 3 aromatic rings. The number of sulfonamides is 1. The molecular formula is C31H35BrClN3O4S. The van der Waals surface area contributed by atoms with Gasteiger partial charge >= 0.3 is 0 Å². The molecule has 1 unspecified atom stereocenters. The van der Waals surface area contributed by atoms with Crippen LogP contribution in [0.15, 0.2) is 82.2 Å². The second kappa shape index (κ2) is 13.9. The van der Waals surface area contributed by atoms with Crippen LogP contribution in [0.4, 0.5) is 5.69 Å². The number of carbonyl (C=O) groups excluding carboxylic acids is 2. The number of halogens is 2. The highest BCUT2D eigenvalue weighted by atomic mass is 79.9. The molecule has 4 rings (SSSR count). The van der Waals surface area contributed by atoms with E-state index in [2.05, 4.69) is 21.2 Å². The largest absolute Gasteiger partial charge is 0.352 e. The van der Waals surface area contributed by atoms with Crippen molar-refractivity contribution < 1.29 is 18.0 Å². The number of carbonyl (C=O) groups is 2. The van der Waals surface area contributed by atoms with Crippen LogP contribution < -0.4 is 9.62 Å². The van der Waals surface area contributed by atoms with Crippen molar-refractivity contribution in [2.45, 2.75) is 69.5 Å². The highest BCUT2D eigenvalue weighted by Crippen LogP contribution is 2.27. The number of nitrogens with one attached hydrogen (secondary N) is 1. The number of nitrogens with zero attached hydrogens (tertiary/aromatic N) is 2. The molecule has 3 aromatic carbocycles. The summed E-state index contributed by atoms with van der Waals surface area (Å²) in [5, 5.41) is 3.56. The molecule has 1 aliphatic carbocycles. The molecule has 1 aliphatic rings. The number of anilines is 1. The highest BCUT2D eigenvalue weighted by molar-refractivity contribution is 9.10. The van der Waals surface area contributed by atoms with Crippen molar-refractivity contribution in [1.82, 2.24) is 10.2 Å². The van der Waals surface area contributed by atoms with Gasteiger partial charge in [-0.1, -0.05) is 82.7 Å². The first-order chi connectivity index (χ1) is 19.6. The number of hydrogen-bond donors (Lipinski definition) is 1. The molecule has 0 heterocycles. The van der Waals surface area contributed by atoms with Gasteiger partial charge in [0.25, 0.3) is 10.0 Å². The number of rotatable bonds is 10. The molecule has 0 aliphatic heterocycles. The van der Waals surface area contributed by atoms with Crippen LogP contribution >= 0.6 is 27.5 Å². The topological polar surface area (TPSA) is 86.8 Å². The molecule has 0 saturated heterocycles. The van der Waals surface area contributed by atoms with Gasteiger partial charge in [-0.3, -0.25) is 13.9 Å². The number of benzene rings is 3. The van der Waals surface area contributed by atoms with E-state index in [1.54, 1.807) is 61.5 Å². The molecule has 1 fully saturated rings. The summed E-state index contributed by atoms with van der Waals surface area (Å²) >= 11 is 9.84. The van der Waals surface area contributed by atoms with E-state index >= 15 is 0 Å². The van der Waals surface area contributed by atoms with Gasteiger partial charge in [-0.05, 0) is 74.7 Å². The van der Waals surface area contributed by atoms with Gasteiger partial charge in [0, 0.05) is 22.1 Å². The van der Waals surface area contributed by atoms with Crippen molar-refractivity contribution in [2.75, 3.05) is 10.8 Å². The zero-order chi connectivity index (χ0) is 29.6. The van der Waals surface area contributed by atoms with Crippen LogP contribution in [0.5, 0.6) is 0 Å². The zero-order valence-electron chi connectivity index (χ0n) is 23.2. The average Bonchev–Trinajstić information content (AvgIpc) is 2.96. The fourth-order valence-electron chi connectivity index (χ4n) is 4.94. The molecule has 41 heavy (non-hydrogen) atoms. The molecule has 218 valence electrons. The molecule has 2 amide bonds. The number of amides is 2. The van der Waals surface area contributed by atoms with Gasteiger partial charge in [-0.15, -0.1) is 0 Å². The summed E-state index contributed by atoms with van der Waals surface area (Å²) in [4.78, 5) is 28.9. The van der Waals surface area contributed by atoms with E-state index in [9.17, 15) is 18.0 Å². The molecular weight excluding hydrogens is 626 g/mol. The van der Waals surface area contributed by atoms with Crippen molar-refractivity contribution in [1.29, 1.82) is 0 Å². The lowest BCUT2D eigenvalue weighted by molar-refractivity contribution is -0.139. The van der Waals surface area contributed by atoms with Crippen LogP contribution in [0, 0.1) is 6.92 Å². The predicted molar refractivity (Wildman–Crippen MR) is 166 cm³/mol. The smallest absolute Gasteiger partial charge is 0.264 e. The van der Waals surface area contributed by atoms with Crippen LogP contribution in [0.2, 0.25) is 5.02 Å². The maximum atomic E-state index is 14.1. The molecule has 1 atom stereocenters. The second-order valence-electron chi connectivity index (χ2n) is 10.4. The van der Waals surface area contributed by atoms with E-state index < -0.39 is 28.5 Å². The molecule has 0 radical (unpaired) electrons. The fourth-order valence-corrected chi connectivity index (χ4v) is 6.81. The van der Waals surface area contributed by atoms with E-state index in [1.807, 2.05) is 13.0 Å². The Kier molecular flexibility index (Phi) is 10.5. The van der Waals surface area contributed by atoms with Crippen LogP contribution in [-0.2, 0) is 26.2 Å². The quantitative estimate of drug-likeness (QED) is 0.270. The average molecular weight is 661 g/mol. The SMILES string of the molecule is Cc1ccc(S(=O)(=O)N(CC(=O)N(Cc2ccccc2Cl)C(C)C(=O)NC2CCCCC2)c2ccc(Br)cc2)cc1. The molecule has 1 N–H and O–H groups in total. The van der Waals surface area contributed by atoms with Crippen molar-refractivity contribution in [3.63, 3.8) is 0 Å². The predicted octanol–water partition coefficient (Wildman–Crippen LogP) is 6.47. The van der Waals surface area contributed by atoms with Crippen LogP contribution in [0.3, 0.4) is 0 Å². The summed E-state index contributed by atoms with van der Waals surface area (Å²) in [5.41, 5.74) is 1.91. The molecule has 1 saturated carbocycles. The van der Waals surface area contributed by atoms with Crippen LogP contribution in [0.25, 0.3) is 0 Å². The third-order valence-corrected chi connectivity index (χ3v) is 10.1. The van der Waals surface area contributed by atoms with Crippen molar-refractivity contribution in [2.24, 2.45) is 0 Å².